The van der Waals surface area contributed by atoms with Gasteiger partial charge in [0.2, 0.25) is 0 Å². The zero-order valence-corrected chi connectivity index (χ0v) is 19.1. The fraction of sp³-hybridized carbons (Fsp3) is 0.143. The van der Waals surface area contributed by atoms with Crippen LogP contribution < -0.4 is 14.8 Å². The molecule has 0 amide bonds. The van der Waals surface area contributed by atoms with E-state index in [4.69, 9.17) is 44.3 Å². The standard InChI is InChI=1S/C21H16BrCl3FNO2/c1-28-20-8-13(10-27-14-3-5-19(26)18(25)9-14)6-15(22)21(20)29-11-12-2-4-16(23)17(24)7-12/h2-9,27H,10-11H2,1H3. The smallest absolute Gasteiger partial charge is 0.175 e. The van der Waals surface area contributed by atoms with Crippen molar-refractivity contribution in [3.05, 3.63) is 85.0 Å². The normalized spacial score (nSPS) is 10.7. The third-order valence-corrected chi connectivity index (χ3v) is 5.69. The summed E-state index contributed by atoms with van der Waals surface area (Å²) in [5.41, 5.74) is 2.54. The summed E-state index contributed by atoms with van der Waals surface area (Å²) in [5, 5.41) is 4.24. The van der Waals surface area contributed by atoms with Crippen LogP contribution >= 0.6 is 50.7 Å². The molecule has 0 fully saturated rings. The number of nitrogens with one attached hydrogen (secondary N) is 1. The van der Waals surface area contributed by atoms with E-state index in [2.05, 4.69) is 21.2 Å². The zero-order valence-electron chi connectivity index (χ0n) is 15.2. The molecule has 0 bridgehead atoms. The molecule has 8 heteroatoms. The lowest BCUT2D eigenvalue weighted by atomic mass is 10.2. The maximum absolute atomic E-state index is 13.3. The van der Waals surface area contributed by atoms with Gasteiger partial charge in [0.25, 0.3) is 0 Å². The molecule has 29 heavy (non-hydrogen) atoms. The molecule has 3 aromatic rings. The first-order chi connectivity index (χ1) is 13.9. The Morgan fingerprint density at radius 1 is 0.931 bits per heavy atom. The fourth-order valence-electron chi connectivity index (χ4n) is 2.61. The van der Waals surface area contributed by atoms with E-state index >= 15 is 0 Å². The zero-order chi connectivity index (χ0) is 21.0. The van der Waals surface area contributed by atoms with Gasteiger partial charge in [-0.05, 0) is 69.5 Å². The van der Waals surface area contributed by atoms with Crippen LogP contribution in [0.2, 0.25) is 15.1 Å². The van der Waals surface area contributed by atoms with Crippen molar-refractivity contribution < 1.29 is 13.9 Å². The molecule has 152 valence electrons. The first-order valence-electron chi connectivity index (χ1n) is 8.49. The van der Waals surface area contributed by atoms with Crippen LogP contribution in [0.15, 0.2) is 53.0 Å². The topological polar surface area (TPSA) is 30.5 Å². The summed E-state index contributed by atoms with van der Waals surface area (Å²) in [5.74, 6) is 0.700. The molecular weight excluding hydrogens is 503 g/mol. The highest BCUT2D eigenvalue weighted by Gasteiger charge is 2.13. The second-order valence-corrected chi connectivity index (χ2v) is 8.20. The predicted molar refractivity (Wildman–Crippen MR) is 120 cm³/mol. The summed E-state index contributed by atoms with van der Waals surface area (Å²) in [7, 11) is 1.57. The van der Waals surface area contributed by atoms with Gasteiger partial charge in [-0.15, -0.1) is 0 Å². The highest BCUT2D eigenvalue weighted by Crippen LogP contribution is 2.37. The summed E-state index contributed by atoms with van der Waals surface area (Å²) < 4.78 is 25.4. The Labute approximate surface area is 191 Å². The predicted octanol–water partition coefficient (Wildman–Crippen LogP) is 7.75. The number of methoxy groups -OCH3 is 1. The Morgan fingerprint density at radius 2 is 1.72 bits per heavy atom. The number of benzene rings is 3. The van der Waals surface area contributed by atoms with E-state index in [0.29, 0.717) is 40.4 Å². The second kappa shape index (κ2) is 9.90. The number of hydrogen-bond donors (Lipinski definition) is 1. The molecule has 0 atom stereocenters. The fourth-order valence-corrected chi connectivity index (χ4v) is 3.72. The summed E-state index contributed by atoms with van der Waals surface area (Å²) in [6.45, 7) is 0.793. The lowest BCUT2D eigenvalue weighted by Crippen LogP contribution is -2.03. The highest BCUT2D eigenvalue weighted by molar-refractivity contribution is 9.10. The van der Waals surface area contributed by atoms with Crippen LogP contribution in [-0.4, -0.2) is 7.11 Å². The van der Waals surface area contributed by atoms with Crippen molar-refractivity contribution >= 4 is 56.4 Å². The number of hydrogen-bond acceptors (Lipinski definition) is 3. The summed E-state index contributed by atoms with van der Waals surface area (Å²) in [6.07, 6.45) is 0. The Bertz CT molecular complexity index is 1030. The Hall–Kier alpha value is -1.66. The molecule has 3 aromatic carbocycles. The third kappa shape index (κ3) is 5.70. The van der Waals surface area contributed by atoms with Crippen LogP contribution in [-0.2, 0) is 13.2 Å². The Morgan fingerprint density at radius 3 is 2.41 bits per heavy atom. The molecule has 1 N–H and O–H groups in total. The van der Waals surface area contributed by atoms with Crippen molar-refractivity contribution in [3.63, 3.8) is 0 Å². The number of ether oxygens (including phenoxy) is 2. The minimum absolute atomic E-state index is 0.0693. The number of anilines is 1. The maximum Gasteiger partial charge on any atom is 0.175 e. The number of rotatable bonds is 7. The average Bonchev–Trinajstić information content (AvgIpc) is 2.70. The van der Waals surface area contributed by atoms with Crippen molar-refractivity contribution in [1.29, 1.82) is 0 Å². The van der Waals surface area contributed by atoms with Gasteiger partial charge in [-0.25, -0.2) is 4.39 Å². The molecule has 0 aromatic heterocycles. The van der Waals surface area contributed by atoms with Crippen LogP contribution in [0, 0.1) is 5.82 Å². The minimum Gasteiger partial charge on any atom is -0.493 e. The van der Waals surface area contributed by atoms with E-state index in [1.165, 1.54) is 12.1 Å². The Kier molecular flexibility index (Phi) is 7.52. The molecular formula is C21H16BrCl3FNO2. The molecule has 0 aliphatic rings. The summed E-state index contributed by atoms with van der Waals surface area (Å²) in [4.78, 5) is 0. The first kappa shape index (κ1) is 22.0. The van der Waals surface area contributed by atoms with Crippen molar-refractivity contribution in [2.45, 2.75) is 13.2 Å². The van der Waals surface area contributed by atoms with E-state index in [-0.39, 0.29) is 5.02 Å². The van der Waals surface area contributed by atoms with E-state index < -0.39 is 5.82 Å². The lowest BCUT2D eigenvalue weighted by Gasteiger charge is -2.15. The molecule has 0 saturated carbocycles. The SMILES string of the molecule is COc1cc(CNc2ccc(F)c(Cl)c2)cc(Br)c1OCc1ccc(Cl)c(Cl)c1. The van der Waals surface area contributed by atoms with Gasteiger partial charge in [-0.1, -0.05) is 40.9 Å². The van der Waals surface area contributed by atoms with Gasteiger partial charge in [-0.2, -0.15) is 0 Å². The molecule has 0 saturated heterocycles. The van der Waals surface area contributed by atoms with Crippen molar-refractivity contribution in [2.24, 2.45) is 0 Å². The molecule has 0 spiro atoms. The van der Waals surface area contributed by atoms with Gasteiger partial charge >= 0.3 is 0 Å². The minimum atomic E-state index is -0.454. The maximum atomic E-state index is 13.3. The largest absolute Gasteiger partial charge is 0.493 e. The molecule has 0 radical (unpaired) electrons. The van der Waals surface area contributed by atoms with Crippen LogP contribution in [0.25, 0.3) is 0 Å². The number of halogens is 5. The highest BCUT2D eigenvalue weighted by atomic mass is 79.9. The Balaban J connectivity index is 1.72. The van der Waals surface area contributed by atoms with Crippen LogP contribution in [0.3, 0.4) is 0 Å². The van der Waals surface area contributed by atoms with Crippen LogP contribution in [0.5, 0.6) is 11.5 Å². The van der Waals surface area contributed by atoms with Gasteiger partial charge in [0.05, 0.1) is 26.7 Å². The molecule has 0 aliphatic heterocycles. The van der Waals surface area contributed by atoms with E-state index in [1.54, 1.807) is 25.3 Å². The molecule has 0 aliphatic carbocycles. The van der Waals surface area contributed by atoms with Crippen molar-refractivity contribution in [3.8, 4) is 11.5 Å². The van der Waals surface area contributed by atoms with Gasteiger partial charge in [0, 0.05) is 12.2 Å². The van der Waals surface area contributed by atoms with Crippen LogP contribution in [0.1, 0.15) is 11.1 Å². The third-order valence-electron chi connectivity index (χ3n) is 4.07. The molecule has 0 heterocycles. The van der Waals surface area contributed by atoms with Gasteiger partial charge in [0.15, 0.2) is 11.5 Å². The van der Waals surface area contributed by atoms with E-state index in [0.717, 1.165) is 15.6 Å². The quantitative estimate of drug-likeness (QED) is 0.346. The van der Waals surface area contributed by atoms with Crippen molar-refractivity contribution in [2.75, 3.05) is 12.4 Å². The van der Waals surface area contributed by atoms with Gasteiger partial charge in [0.1, 0.15) is 12.4 Å². The van der Waals surface area contributed by atoms with E-state index in [9.17, 15) is 4.39 Å². The van der Waals surface area contributed by atoms with Gasteiger partial charge in [-0.3, -0.25) is 0 Å². The molecule has 3 nitrogen and oxygen atoms in total. The second-order valence-electron chi connectivity index (χ2n) is 6.13. The van der Waals surface area contributed by atoms with Gasteiger partial charge < -0.3 is 14.8 Å². The van der Waals surface area contributed by atoms with E-state index in [1.807, 2.05) is 18.2 Å². The monoisotopic (exact) mass is 517 g/mol. The first-order valence-corrected chi connectivity index (χ1v) is 10.4. The molecule has 0 unspecified atom stereocenters. The summed E-state index contributed by atoms with van der Waals surface area (Å²) in [6, 6.07) is 13.6. The van der Waals surface area contributed by atoms with Crippen molar-refractivity contribution in [1.82, 2.24) is 0 Å². The lowest BCUT2D eigenvalue weighted by molar-refractivity contribution is 0.282. The average molecular weight is 520 g/mol. The molecule has 3 rings (SSSR count). The van der Waals surface area contributed by atoms with Crippen LogP contribution in [0.4, 0.5) is 10.1 Å². The summed E-state index contributed by atoms with van der Waals surface area (Å²) >= 11 is 21.4.